The molecule has 1 N–H and O–H groups in total. The molecule has 2 amide bonds. The zero-order valence-corrected chi connectivity index (χ0v) is 14.3. The summed E-state index contributed by atoms with van der Waals surface area (Å²) < 4.78 is 0. The van der Waals surface area contributed by atoms with Gasteiger partial charge in [0, 0.05) is 31.6 Å². The summed E-state index contributed by atoms with van der Waals surface area (Å²) in [5.74, 6) is 0.397. The number of benzene rings is 1. The molecule has 22 heavy (non-hydrogen) atoms. The topological polar surface area (TPSA) is 49.4 Å². The molecule has 1 atom stereocenters. The number of nitrogens with zero attached hydrogens (tertiary/aromatic N) is 1. The third kappa shape index (κ3) is 5.51. The average Bonchev–Trinajstić information content (AvgIpc) is 2.47. The first-order valence-electron chi connectivity index (χ1n) is 8.02. The Labute approximate surface area is 133 Å². The minimum Gasteiger partial charge on any atom is -0.354 e. The smallest absolute Gasteiger partial charge is 0.223 e. The lowest BCUT2D eigenvalue weighted by molar-refractivity contribution is -0.121. The van der Waals surface area contributed by atoms with Gasteiger partial charge in [0.25, 0.3) is 0 Å². The number of rotatable bonds is 7. The Kier molecular flexibility index (Phi) is 7.09. The third-order valence-electron chi connectivity index (χ3n) is 3.83. The Morgan fingerprint density at radius 2 is 1.73 bits per heavy atom. The summed E-state index contributed by atoms with van der Waals surface area (Å²) in [5.41, 5.74) is 2.08. The van der Waals surface area contributed by atoms with E-state index < -0.39 is 0 Å². The lowest BCUT2D eigenvalue weighted by Crippen LogP contribution is -2.36. The highest BCUT2D eigenvalue weighted by Crippen LogP contribution is 2.20. The monoisotopic (exact) mass is 304 g/mol. The Morgan fingerprint density at radius 1 is 1.14 bits per heavy atom. The molecule has 0 aliphatic rings. The van der Waals surface area contributed by atoms with Crippen molar-refractivity contribution in [2.75, 3.05) is 11.4 Å². The molecular weight excluding hydrogens is 276 g/mol. The fourth-order valence-corrected chi connectivity index (χ4v) is 2.17. The number of anilines is 1. The van der Waals surface area contributed by atoms with Crippen LogP contribution < -0.4 is 10.2 Å². The van der Waals surface area contributed by atoms with E-state index in [0.717, 1.165) is 12.1 Å². The summed E-state index contributed by atoms with van der Waals surface area (Å²) in [6, 6.07) is 8.14. The van der Waals surface area contributed by atoms with Crippen molar-refractivity contribution in [1.82, 2.24) is 5.32 Å². The molecule has 0 saturated carbocycles. The summed E-state index contributed by atoms with van der Waals surface area (Å²) in [7, 11) is 0. The number of carbonyl (C=O) groups excluding carboxylic acids is 2. The van der Waals surface area contributed by atoms with E-state index in [9.17, 15) is 9.59 Å². The molecule has 1 rings (SSSR count). The van der Waals surface area contributed by atoms with Crippen LogP contribution in [0.5, 0.6) is 0 Å². The van der Waals surface area contributed by atoms with E-state index in [1.54, 1.807) is 4.90 Å². The molecule has 0 bridgehead atoms. The number of carbonyl (C=O) groups is 2. The second kappa shape index (κ2) is 8.57. The summed E-state index contributed by atoms with van der Waals surface area (Å²) in [6.07, 6.45) is 1.22. The molecule has 1 aromatic carbocycles. The van der Waals surface area contributed by atoms with Crippen molar-refractivity contribution in [2.24, 2.45) is 0 Å². The van der Waals surface area contributed by atoms with Crippen LogP contribution >= 0.6 is 0 Å². The molecule has 122 valence electrons. The average molecular weight is 304 g/mol. The van der Waals surface area contributed by atoms with Crippen LogP contribution in [0.2, 0.25) is 0 Å². The summed E-state index contributed by atoms with van der Waals surface area (Å²) >= 11 is 0. The summed E-state index contributed by atoms with van der Waals surface area (Å²) in [5, 5.41) is 2.92. The predicted octanol–water partition coefficient (Wildman–Crippen LogP) is 3.47. The van der Waals surface area contributed by atoms with Gasteiger partial charge in [-0.25, -0.2) is 0 Å². The number of hydrogen-bond donors (Lipinski definition) is 1. The molecule has 0 heterocycles. The van der Waals surface area contributed by atoms with Crippen molar-refractivity contribution >= 4 is 17.5 Å². The lowest BCUT2D eigenvalue weighted by Gasteiger charge is -2.22. The predicted molar refractivity (Wildman–Crippen MR) is 91.1 cm³/mol. The molecule has 0 aliphatic carbocycles. The summed E-state index contributed by atoms with van der Waals surface area (Å²) in [4.78, 5) is 25.4. The minimum absolute atomic E-state index is 0.0144. The Hall–Kier alpha value is -1.84. The molecule has 1 unspecified atom stereocenters. The molecule has 0 spiro atoms. The first-order chi connectivity index (χ1) is 10.3. The van der Waals surface area contributed by atoms with Gasteiger partial charge >= 0.3 is 0 Å². The zero-order valence-electron chi connectivity index (χ0n) is 14.3. The summed E-state index contributed by atoms with van der Waals surface area (Å²) in [6.45, 7) is 10.2. The van der Waals surface area contributed by atoms with Gasteiger partial charge in [0.1, 0.15) is 0 Å². The Bertz CT molecular complexity index is 494. The molecule has 0 aromatic heterocycles. The molecular formula is C18H28N2O2. The third-order valence-corrected chi connectivity index (χ3v) is 3.83. The van der Waals surface area contributed by atoms with Gasteiger partial charge in [-0.15, -0.1) is 0 Å². The van der Waals surface area contributed by atoms with Crippen molar-refractivity contribution in [1.29, 1.82) is 0 Å². The van der Waals surface area contributed by atoms with Crippen LogP contribution in [-0.4, -0.2) is 24.4 Å². The van der Waals surface area contributed by atoms with E-state index in [-0.39, 0.29) is 17.9 Å². The molecule has 0 radical (unpaired) electrons. The highest BCUT2D eigenvalue weighted by molar-refractivity contribution is 5.92. The van der Waals surface area contributed by atoms with Crippen LogP contribution in [0.15, 0.2) is 24.3 Å². The van der Waals surface area contributed by atoms with Crippen LogP contribution in [-0.2, 0) is 9.59 Å². The van der Waals surface area contributed by atoms with Gasteiger partial charge in [0.15, 0.2) is 0 Å². The lowest BCUT2D eigenvalue weighted by atomic mass is 10.0. The quantitative estimate of drug-likeness (QED) is 0.838. The highest BCUT2D eigenvalue weighted by atomic mass is 16.2. The van der Waals surface area contributed by atoms with Crippen LogP contribution in [0.4, 0.5) is 5.69 Å². The van der Waals surface area contributed by atoms with Crippen molar-refractivity contribution in [3.63, 3.8) is 0 Å². The fourth-order valence-electron chi connectivity index (χ4n) is 2.17. The van der Waals surface area contributed by atoms with Crippen LogP contribution in [0.1, 0.15) is 58.9 Å². The van der Waals surface area contributed by atoms with E-state index in [1.807, 2.05) is 38.1 Å². The van der Waals surface area contributed by atoms with Crippen LogP contribution in [0.25, 0.3) is 0 Å². The van der Waals surface area contributed by atoms with Gasteiger partial charge < -0.3 is 10.2 Å². The van der Waals surface area contributed by atoms with Crippen molar-refractivity contribution in [3.8, 4) is 0 Å². The first-order valence-corrected chi connectivity index (χ1v) is 8.02. The maximum absolute atomic E-state index is 11.9. The van der Waals surface area contributed by atoms with Gasteiger partial charge in [-0.05, 0) is 37.0 Å². The molecule has 0 aliphatic heterocycles. The number of nitrogens with one attached hydrogen (secondary N) is 1. The maximum Gasteiger partial charge on any atom is 0.223 e. The van der Waals surface area contributed by atoms with Crippen LogP contribution in [0.3, 0.4) is 0 Å². The molecule has 0 saturated heterocycles. The van der Waals surface area contributed by atoms with E-state index in [0.29, 0.717) is 18.9 Å². The van der Waals surface area contributed by atoms with E-state index in [1.165, 1.54) is 12.5 Å². The Balaban J connectivity index is 2.70. The van der Waals surface area contributed by atoms with Crippen molar-refractivity contribution < 1.29 is 9.59 Å². The van der Waals surface area contributed by atoms with E-state index >= 15 is 0 Å². The largest absolute Gasteiger partial charge is 0.354 e. The van der Waals surface area contributed by atoms with Gasteiger partial charge in [-0.2, -0.15) is 0 Å². The fraction of sp³-hybridized carbons (Fsp3) is 0.556. The minimum atomic E-state index is -0.0476. The molecule has 0 fully saturated rings. The van der Waals surface area contributed by atoms with E-state index in [4.69, 9.17) is 0 Å². The zero-order chi connectivity index (χ0) is 16.7. The molecule has 4 heteroatoms. The van der Waals surface area contributed by atoms with Gasteiger partial charge in [-0.3, -0.25) is 9.59 Å². The second-order valence-electron chi connectivity index (χ2n) is 6.04. The number of amides is 2. The van der Waals surface area contributed by atoms with Crippen LogP contribution in [0, 0.1) is 0 Å². The van der Waals surface area contributed by atoms with Gasteiger partial charge in [0.05, 0.1) is 0 Å². The van der Waals surface area contributed by atoms with Gasteiger partial charge in [0.2, 0.25) is 11.8 Å². The van der Waals surface area contributed by atoms with E-state index in [2.05, 4.69) is 19.2 Å². The maximum atomic E-state index is 11.9. The molecule has 1 aromatic rings. The molecule has 4 nitrogen and oxygen atoms in total. The number of hydrogen-bond acceptors (Lipinski definition) is 2. The standard InChI is InChI=1S/C18H28N2O2/c1-6-14(4)19-18(22)11-12-20(15(5)21)17-9-7-16(8-10-17)13(2)3/h7-10,13-14H,6,11-12H2,1-5H3,(H,19,22). The van der Waals surface area contributed by atoms with Gasteiger partial charge in [-0.1, -0.05) is 32.9 Å². The Morgan fingerprint density at radius 3 is 2.18 bits per heavy atom. The highest BCUT2D eigenvalue weighted by Gasteiger charge is 2.14. The normalized spacial score (nSPS) is 12.1. The SMILES string of the molecule is CCC(C)NC(=O)CCN(C(C)=O)c1ccc(C(C)C)cc1. The second-order valence-corrected chi connectivity index (χ2v) is 6.04. The van der Waals surface area contributed by atoms with Crippen molar-refractivity contribution in [3.05, 3.63) is 29.8 Å². The first kappa shape index (κ1) is 18.2. The van der Waals surface area contributed by atoms with Crippen molar-refractivity contribution in [2.45, 2.75) is 59.4 Å².